The molecule has 1 aliphatic heterocycles. The zero-order valence-corrected chi connectivity index (χ0v) is 16.0. The fourth-order valence-corrected chi connectivity index (χ4v) is 2.91. The van der Waals surface area contributed by atoms with Crippen LogP contribution < -0.4 is 5.32 Å². The van der Waals surface area contributed by atoms with Crippen LogP contribution in [0.25, 0.3) is 0 Å². The van der Waals surface area contributed by atoms with Gasteiger partial charge in [0.15, 0.2) is 0 Å². The Morgan fingerprint density at radius 3 is 2.67 bits per heavy atom. The molecule has 1 aromatic carbocycles. The number of likely N-dealkylation sites (tertiary alicyclic amines) is 1. The molecule has 1 amide bonds. The number of nitro benzene ring substituents is 1. The molecule has 1 fully saturated rings. The van der Waals surface area contributed by atoms with Crippen LogP contribution in [-0.4, -0.2) is 53.7 Å². The Bertz CT molecular complexity index is 728. The molecule has 1 saturated heterocycles. The van der Waals surface area contributed by atoms with Gasteiger partial charge in [-0.15, -0.1) is 0 Å². The highest BCUT2D eigenvalue weighted by Gasteiger charge is 2.32. The van der Waals surface area contributed by atoms with Crippen molar-refractivity contribution < 1.29 is 24.0 Å². The second-order valence-electron chi connectivity index (χ2n) is 7.33. The Morgan fingerprint density at radius 1 is 1.37 bits per heavy atom. The summed E-state index contributed by atoms with van der Waals surface area (Å²) in [5, 5.41) is 14.4. The topological polar surface area (TPSA) is 111 Å². The van der Waals surface area contributed by atoms with E-state index in [0.717, 1.165) is 12.8 Å². The second kappa shape index (κ2) is 8.24. The van der Waals surface area contributed by atoms with E-state index in [1.165, 1.54) is 25.3 Å². The number of hydrogen-bond donors (Lipinski definition) is 1. The number of ether oxygens (including phenoxy) is 2. The zero-order chi connectivity index (χ0) is 20.2. The van der Waals surface area contributed by atoms with Crippen molar-refractivity contribution in [3.05, 3.63) is 33.9 Å². The normalized spacial score (nSPS) is 16.7. The average Bonchev–Trinajstić information content (AvgIpc) is 3.06. The summed E-state index contributed by atoms with van der Waals surface area (Å²) in [6.45, 7) is 6.35. The standard InChI is InChI=1S/C18H25N3O6/c1-18(2,3)27-17(23)20-9-5-6-13(20)11-19-14-8-7-12(16(22)26-4)10-15(14)21(24)25/h7-8,10,13,19H,5-6,9,11H2,1-4H3/t13-/m1/s1. The van der Waals surface area contributed by atoms with Crippen LogP contribution in [0.15, 0.2) is 18.2 Å². The van der Waals surface area contributed by atoms with Crippen molar-refractivity contribution in [2.24, 2.45) is 0 Å². The Morgan fingerprint density at radius 2 is 2.07 bits per heavy atom. The van der Waals surface area contributed by atoms with Crippen molar-refractivity contribution in [1.29, 1.82) is 0 Å². The first-order chi connectivity index (χ1) is 12.6. The fraction of sp³-hybridized carbons (Fsp3) is 0.556. The molecule has 1 aromatic rings. The van der Waals surface area contributed by atoms with E-state index in [2.05, 4.69) is 10.1 Å². The van der Waals surface area contributed by atoms with Crippen LogP contribution in [0.4, 0.5) is 16.2 Å². The lowest BCUT2D eigenvalue weighted by molar-refractivity contribution is -0.384. The van der Waals surface area contributed by atoms with E-state index in [9.17, 15) is 19.7 Å². The molecule has 148 valence electrons. The molecule has 1 heterocycles. The first-order valence-corrected chi connectivity index (χ1v) is 8.72. The number of amides is 1. The largest absolute Gasteiger partial charge is 0.465 e. The van der Waals surface area contributed by atoms with E-state index in [4.69, 9.17) is 4.74 Å². The molecule has 1 atom stereocenters. The molecule has 1 N–H and O–H groups in total. The highest BCUT2D eigenvalue weighted by molar-refractivity contribution is 5.91. The van der Waals surface area contributed by atoms with Crippen molar-refractivity contribution in [3.63, 3.8) is 0 Å². The van der Waals surface area contributed by atoms with Gasteiger partial charge in [-0.25, -0.2) is 9.59 Å². The van der Waals surface area contributed by atoms with Gasteiger partial charge in [-0.1, -0.05) is 0 Å². The number of nitrogens with zero attached hydrogens (tertiary/aromatic N) is 2. The van der Waals surface area contributed by atoms with Gasteiger partial charge in [-0.3, -0.25) is 10.1 Å². The molecule has 27 heavy (non-hydrogen) atoms. The van der Waals surface area contributed by atoms with Crippen LogP contribution in [-0.2, 0) is 9.47 Å². The van der Waals surface area contributed by atoms with Crippen molar-refractivity contribution in [2.45, 2.75) is 45.3 Å². The number of methoxy groups -OCH3 is 1. The number of esters is 1. The number of carbonyl (C=O) groups is 2. The van der Waals surface area contributed by atoms with Gasteiger partial charge in [0.05, 0.1) is 23.6 Å². The van der Waals surface area contributed by atoms with Gasteiger partial charge in [0.25, 0.3) is 5.69 Å². The van der Waals surface area contributed by atoms with Gasteiger partial charge in [0, 0.05) is 19.2 Å². The molecule has 0 aliphatic carbocycles. The minimum atomic E-state index is -0.642. The molecule has 1 aliphatic rings. The number of nitrogens with one attached hydrogen (secondary N) is 1. The van der Waals surface area contributed by atoms with Crippen LogP contribution in [0.5, 0.6) is 0 Å². The van der Waals surface area contributed by atoms with Crippen LogP contribution in [0.1, 0.15) is 44.0 Å². The number of rotatable bonds is 5. The molecular weight excluding hydrogens is 354 g/mol. The number of anilines is 1. The molecule has 0 unspecified atom stereocenters. The maximum atomic E-state index is 12.3. The number of benzene rings is 1. The summed E-state index contributed by atoms with van der Waals surface area (Å²) in [5.41, 5.74) is -0.422. The van der Waals surface area contributed by atoms with Crippen molar-refractivity contribution >= 4 is 23.4 Å². The van der Waals surface area contributed by atoms with Crippen LogP contribution in [0, 0.1) is 10.1 Å². The summed E-state index contributed by atoms with van der Waals surface area (Å²) in [5.74, 6) is -0.642. The third kappa shape index (κ3) is 5.32. The summed E-state index contributed by atoms with van der Waals surface area (Å²) in [4.78, 5) is 36.3. The van der Waals surface area contributed by atoms with E-state index in [1.54, 1.807) is 25.7 Å². The third-order valence-electron chi connectivity index (χ3n) is 4.15. The van der Waals surface area contributed by atoms with Gasteiger partial charge >= 0.3 is 12.1 Å². The van der Waals surface area contributed by atoms with Gasteiger partial charge in [-0.2, -0.15) is 0 Å². The quantitative estimate of drug-likeness (QED) is 0.475. The Kier molecular flexibility index (Phi) is 6.24. The predicted octanol–water partition coefficient (Wildman–Crippen LogP) is 3.19. The lowest BCUT2D eigenvalue weighted by Crippen LogP contribution is -2.42. The molecule has 0 radical (unpaired) electrons. The van der Waals surface area contributed by atoms with Crippen molar-refractivity contribution in [2.75, 3.05) is 25.5 Å². The van der Waals surface area contributed by atoms with E-state index >= 15 is 0 Å². The second-order valence-corrected chi connectivity index (χ2v) is 7.33. The number of nitro groups is 1. The Labute approximate surface area is 157 Å². The molecule has 0 bridgehead atoms. The summed E-state index contributed by atoms with van der Waals surface area (Å²) in [6, 6.07) is 3.98. The third-order valence-corrected chi connectivity index (χ3v) is 4.15. The predicted molar refractivity (Wildman–Crippen MR) is 98.9 cm³/mol. The van der Waals surface area contributed by atoms with Gasteiger partial charge in [-0.05, 0) is 45.7 Å². The number of hydrogen-bond acceptors (Lipinski definition) is 7. The molecular formula is C18H25N3O6. The van der Waals surface area contributed by atoms with Crippen molar-refractivity contribution in [1.82, 2.24) is 4.90 Å². The van der Waals surface area contributed by atoms with E-state index in [-0.39, 0.29) is 29.1 Å². The summed E-state index contributed by atoms with van der Waals surface area (Å²) in [7, 11) is 1.21. The number of carbonyl (C=O) groups excluding carboxylic acids is 2. The SMILES string of the molecule is COC(=O)c1ccc(NC[C@H]2CCCN2C(=O)OC(C)(C)C)c([N+](=O)[O-])c1. The molecule has 9 nitrogen and oxygen atoms in total. The maximum Gasteiger partial charge on any atom is 0.410 e. The van der Waals surface area contributed by atoms with E-state index in [0.29, 0.717) is 13.1 Å². The first kappa shape index (κ1) is 20.5. The minimum Gasteiger partial charge on any atom is -0.465 e. The summed E-state index contributed by atoms with van der Waals surface area (Å²) >= 11 is 0. The van der Waals surface area contributed by atoms with E-state index < -0.39 is 16.5 Å². The van der Waals surface area contributed by atoms with Gasteiger partial charge < -0.3 is 19.7 Å². The molecule has 0 saturated carbocycles. The minimum absolute atomic E-state index is 0.103. The maximum absolute atomic E-state index is 12.3. The van der Waals surface area contributed by atoms with Crippen LogP contribution in [0.3, 0.4) is 0 Å². The first-order valence-electron chi connectivity index (χ1n) is 8.72. The molecule has 9 heteroatoms. The monoisotopic (exact) mass is 379 g/mol. The Hall–Kier alpha value is -2.84. The zero-order valence-electron chi connectivity index (χ0n) is 16.0. The average molecular weight is 379 g/mol. The highest BCUT2D eigenvalue weighted by Crippen LogP contribution is 2.27. The van der Waals surface area contributed by atoms with Crippen LogP contribution >= 0.6 is 0 Å². The Balaban J connectivity index is 2.10. The fourth-order valence-electron chi connectivity index (χ4n) is 2.91. The molecule has 2 rings (SSSR count). The lowest BCUT2D eigenvalue weighted by atomic mass is 10.1. The molecule has 0 spiro atoms. The van der Waals surface area contributed by atoms with Gasteiger partial charge in [0.1, 0.15) is 11.3 Å². The van der Waals surface area contributed by atoms with Crippen LogP contribution in [0.2, 0.25) is 0 Å². The summed E-state index contributed by atoms with van der Waals surface area (Å²) in [6.07, 6.45) is 1.23. The summed E-state index contributed by atoms with van der Waals surface area (Å²) < 4.78 is 10.0. The highest BCUT2D eigenvalue weighted by atomic mass is 16.6. The van der Waals surface area contributed by atoms with Crippen molar-refractivity contribution in [3.8, 4) is 0 Å². The molecule has 0 aromatic heterocycles. The van der Waals surface area contributed by atoms with Gasteiger partial charge in [0.2, 0.25) is 0 Å². The smallest absolute Gasteiger partial charge is 0.410 e. The lowest BCUT2D eigenvalue weighted by Gasteiger charge is -2.28. The van der Waals surface area contributed by atoms with E-state index in [1.807, 2.05) is 0 Å².